The molecule has 0 spiro atoms. The van der Waals surface area contributed by atoms with Crippen LogP contribution in [0.15, 0.2) is 10.5 Å². The third-order valence-electron chi connectivity index (χ3n) is 2.58. The molecule has 1 N–H and O–H groups in total. The van der Waals surface area contributed by atoms with Crippen molar-refractivity contribution in [1.82, 2.24) is 19.7 Å². The van der Waals surface area contributed by atoms with E-state index in [1.54, 1.807) is 0 Å². The van der Waals surface area contributed by atoms with Crippen molar-refractivity contribution in [2.24, 2.45) is 7.05 Å². The molecule has 0 bridgehead atoms. The maximum absolute atomic E-state index is 11.8. The Kier molecular flexibility index (Phi) is 4.77. The molecule has 0 radical (unpaired) electrons. The summed E-state index contributed by atoms with van der Waals surface area (Å²) in [6, 6.07) is 0. The van der Waals surface area contributed by atoms with Crippen molar-refractivity contribution in [2.75, 3.05) is 11.1 Å². The zero-order valence-electron chi connectivity index (χ0n) is 11.9. The van der Waals surface area contributed by atoms with Crippen molar-refractivity contribution >= 4 is 34.1 Å². The standard InChI is InChI=1S/C12H17N5OS2/c1-7(2)10-15-16-12(17(10)4)20-6-9(18)14-11-13-8(3)5-19-11/h5,7H,6H2,1-4H3,(H,13,14,18). The van der Waals surface area contributed by atoms with Gasteiger partial charge in [-0.05, 0) is 6.92 Å². The summed E-state index contributed by atoms with van der Waals surface area (Å²) in [5.41, 5.74) is 0.910. The van der Waals surface area contributed by atoms with Crippen LogP contribution in [-0.2, 0) is 11.8 Å². The Morgan fingerprint density at radius 1 is 1.50 bits per heavy atom. The number of nitrogens with one attached hydrogen (secondary N) is 1. The monoisotopic (exact) mass is 311 g/mol. The summed E-state index contributed by atoms with van der Waals surface area (Å²) in [6.45, 7) is 6.03. The topological polar surface area (TPSA) is 72.7 Å². The van der Waals surface area contributed by atoms with Crippen molar-refractivity contribution in [3.63, 3.8) is 0 Å². The molecule has 8 heteroatoms. The zero-order chi connectivity index (χ0) is 14.7. The van der Waals surface area contributed by atoms with Gasteiger partial charge in [-0.1, -0.05) is 25.6 Å². The quantitative estimate of drug-likeness (QED) is 0.859. The number of aromatic nitrogens is 4. The summed E-state index contributed by atoms with van der Waals surface area (Å²) < 4.78 is 1.93. The van der Waals surface area contributed by atoms with E-state index in [0.29, 0.717) is 16.8 Å². The highest BCUT2D eigenvalue weighted by Crippen LogP contribution is 2.20. The minimum Gasteiger partial charge on any atom is -0.309 e. The molecule has 0 aromatic carbocycles. The second-order valence-electron chi connectivity index (χ2n) is 4.69. The average Bonchev–Trinajstić information content (AvgIpc) is 2.93. The Bertz CT molecular complexity index is 605. The predicted octanol–water partition coefficient (Wildman–Crippen LogP) is 2.43. The van der Waals surface area contributed by atoms with Crippen LogP contribution in [0.4, 0.5) is 5.13 Å². The number of aryl methyl sites for hydroxylation is 1. The Hall–Kier alpha value is -1.41. The van der Waals surface area contributed by atoms with Gasteiger partial charge >= 0.3 is 0 Å². The molecule has 108 valence electrons. The summed E-state index contributed by atoms with van der Waals surface area (Å²) in [7, 11) is 1.92. The molecule has 0 saturated carbocycles. The van der Waals surface area contributed by atoms with E-state index in [9.17, 15) is 4.79 Å². The molecule has 0 aliphatic heterocycles. The van der Waals surface area contributed by atoms with E-state index >= 15 is 0 Å². The Balaban J connectivity index is 1.90. The van der Waals surface area contributed by atoms with Crippen LogP contribution < -0.4 is 5.32 Å². The van der Waals surface area contributed by atoms with Crippen molar-refractivity contribution in [3.05, 3.63) is 16.9 Å². The number of carbonyl (C=O) groups excluding carboxylic acids is 1. The maximum atomic E-state index is 11.8. The normalized spacial score (nSPS) is 11.1. The van der Waals surface area contributed by atoms with Gasteiger partial charge in [-0.15, -0.1) is 21.5 Å². The number of anilines is 1. The number of thiazole rings is 1. The number of rotatable bonds is 5. The van der Waals surface area contributed by atoms with Crippen LogP contribution >= 0.6 is 23.1 Å². The van der Waals surface area contributed by atoms with Crippen LogP contribution in [0.1, 0.15) is 31.3 Å². The van der Waals surface area contributed by atoms with Crippen molar-refractivity contribution in [2.45, 2.75) is 31.8 Å². The maximum Gasteiger partial charge on any atom is 0.236 e. The van der Waals surface area contributed by atoms with Crippen molar-refractivity contribution in [1.29, 1.82) is 0 Å². The third-order valence-corrected chi connectivity index (χ3v) is 4.48. The minimum atomic E-state index is -0.0848. The lowest BCUT2D eigenvalue weighted by Crippen LogP contribution is -2.14. The Morgan fingerprint density at radius 2 is 2.25 bits per heavy atom. The largest absolute Gasteiger partial charge is 0.309 e. The smallest absolute Gasteiger partial charge is 0.236 e. The molecule has 2 aromatic heterocycles. The van der Waals surface area contributed by atoms with E-state index < -0.39 is 0 Å². The van der Waals surface area contributed by atoms with Gasteiger partial charge in [-0.3, -0.25) is 4.79 Å². The van der Waals surface area contributed by atoms with Gasteiger partial charge in [-0.25, -0.2) is 4.98 Å². The van der Waals surface area contributed by atoms with Crippen LogP contribution in [0.3, 0.4) is 0 Å². The molecule has 2 rings (SSSR count). The summed E-state index contributed by atoms with van der Waals surface area (Å²) in [6.07, 6.45) is 0. The number of hydrogen-bond acceptors (Lipinski definition) is 6. The van der Waals surface area contributed by atoms with Crippen LogP contribution in [0.5, 0.6) is 0 Å². The molecule has 0 fully saturated rings. The van der Waals surface area contributed by atoms with Gasteiger partial charge in [0.15, 0.2) is 10.3 Å². The van der Waals surface area contributed by atoms with Crippen LogP contribution in [0.25, 0.3) is 0 Å². The molecule has 20 heavy (non-hydrogen) atoms. The van der Waals surface area contributed by atoms with E-state index in [2.05, 4.69) is 34.3 Å². The predicted molar refractivity (Wildman–Crippen MR) is 81.3 cm³/mol. The van der Waals surface area contributed by atoms with Gasteiger partial charge in [0.1, 0.15) is 5.82 Å². The average molecular weight is 311 g/mol. The first-order valence-electron chi connectivity index (χ1n) is 6.21. The van der Waals surface area contributed by atoms with E-state index in [1.165, 1.54) is 23.1 Å². The molecule has 0 aliphatic rings. The van der Waals surface area contributed by atoms with Gasteiger partial charge in [0.2, 0.25) is 5.91 Å². The molecule has 2 heterocycles. The highest BCUT2D eigenvalue weighted by molar-refractivity contribution is 7.99. The highest BCUT2D eigenvalue weighted by atomic mass is 32.2. The SMILES string of the molecule is Cc1csc(NC(=O)CSc2nnc(C(C)C)n2C)n1. The van der Waals surface area contributed by atoms with E-state index in [4.69, 9.17) is 0 Å². The lowest BCUT2D eigenvalue weighted by molar-refractivity contribution is -0.113. The first-order valence-corrected chi connectivity index (χ1v) is 8.08. The van der Waals surface area contributed by atoms with Crippen LogP contribution in [-0.4, -0.2) is 31.4 Å². The first-order chi connectivity index (χ1) is 9.47. The van der Waals surface area contributed by atoms with E-state index in [1.807, 2.05) is 23.9 Å². The lowest BCUT2D eigenvalue weighted by Gasteiger charge is -2.05. The van der Waals surface area contributed by atoms with Gasteiger partial charge < -0.3 is 9.88 Å². The molecule has 0 atom stereocenters. The van der Waals surface area contributed by atoms with Crippen LogP contribution in [0, 0.1) is 6.92 Å². The van der Waals surface area contributed by atoms with E-state index in [-0.39, 0.29) is 5.91 Å². The number of nitrogens with zero attached hydrogens (tertiary/aromatic N) is 4. The van der Waals surface area contributed by atoms with Crippen molar-refractivity contribution in [3.8, 4) is 0 Å². The number of thioether (sulfide) groups is 1. The third kappa shape index (κ3) is 3.57. The van der Waals surface area contributed by atoms with Crippen molar-refractivity contribution < 1.29 is 4.79 Å². The van der Waals surface area contributed by atoms with Gasteiger partial charge in [0, 0.05) is 18.3 Å². The lowest BCUT2D eigenvalue weighted by atomic mass is 10.2. The molecular weight excluding hydrogens is 294 g/mol. The first kappa shape index (κ1) is 15.0. The second-order valence-corrected chi connectivity index (χ2v) is 6.49. The van der Waals surface area contributed by atoms with Gasteiger partial charge in [0.25, 0.3) is 0 Å². The zero-order valence-corrected chi connectivity index (χ0v) is 13.5. The van der Waals surface area contributed by atoms with E-state index in [0.717, 1.165) is 16.7 Å². The Morgan fingerprint density at radius 3 is 2.80 bits per heavy atom. The fourth-order valence-electron chi connectivity index (χ4n) is 1.65. The summed E-state index contributed by atoms with van der Waals surface area (Å²) in [5, 5.41) is 14.3. The molecule has 0 saturated heterocycles. The number of carbonyl (C=O) groups is 1. The fourth-order valence-corrected chi connectivity index (χ4v) is 3.07. The fraction of sp³-hybridized carbons (Fsp3) is 0.500. The summed E-state index contributed by atoms with van der Waals surface area (Å²) in [4.78, 5) is 16.0. The number of amides is 1. The minimum absolute atomic E-state index is 0.0848. The molecular formula is C12H17N5OS2. The number of hydrogen-bond donors (Lipinski definition) is 1. The van der Waals surface area contributed by atoms with Gasteiger partial charge in [0.05, 0.1) is 11.4 Å². The summed E-state index contributed by atoms with van der Waals surface area (Å²) >= 11 is 2.80. The van der Waals surface area contributed by atoms with Crippen LogP contribution in [0.2, 0.25) is 0 Å². The summed E-state index contributed by atoms with van der Waals surface area (Å²) in [5.74, 6) is 1.44. The van der Waals surface area contributed by atoms with Gasteiger partial charge in [-0.2, -0.15) is 0 Å². The molecule has 2 aromatic rings. The molecule has 0 unspecified atom stereocenters. The second kappa shape index (κ2) is 6.36. The molecule has 6 nitrogen and oxygen atoms in total. The highest BCUT2D eigenvalue weighted by Gasteiger charge is 2.14. The molecule has 1 amide bonds. The molecule has 0 aliphatic carbocycles. The Labute approximate surface area is 126 Å².